The highest BCUT2D eigenvalue weighted by Crippen LogP contribution is 2.37. The van der Waals surface area contributed by atoms with E-state index in [0.29, 0.717) is 12.2 Å². The number of thioether (sulfide) groups is 1. The number of esters is 1. The lowest BCUT2D eigenvalue weighted by molar-refractivity contribution is -0.149. The first-order valence-electron chi connectivity index (χ1n) is 3.98. The van der Waals surface area contributed by atoms with Gasteiger partial charge in [0.2, 0.25) is 6.41 Å². The van der Waals surface area contributed by atoms with Gasteiger partial charge in [-0.1, -0.05) is 0 Å². The number of carbonyl (C=O) groups is 2. The first-order chi connectivity index (χ1) is 6.03. The number of amides is 1. The Bertz CT molecular complexity index is 229. The van der Waals surface area contributed by atoms with Crippen LogP contribution in [0.25, 0.3) is 0 Å². The van der Waals surface area contributed by atoms with Crippen LogP contribution in [-0.2, 0) is 14.3 Å². The van der Waals surface area contributed by atoms with Crippen molar-refractivity contribution in [3.05, 3.63) is 0 Å². The predicted molar refractivity (Wildman–Crippen MR) is 50.2 cm³/mol. The van der Waals surface area contributed by atoms with Gasteiger partial charge in [-0.3, -0.25) is 4.79 Å². The number of carbonyl (C=O) groups excluding carboxylic acids is 2. The van der Waals surface area contributed by atoms with Gasteiger partial charge in [0.05, 0.1) is 12.0 Å². The summed E-state index contributed by atoms with van der Waals surface area (Å²) >= 11 is 1.58. The molecule has 1 unspecified atom stereocenters. The molecule has 1 heterocycles. The molecular weight excluding hydrogens is 190 g/mol. The van der Waals surface area contributed by atoms with Gasteiger partial charge in [0.15, 0.2) is 0 Å². The molecule has 4 nitrogen and oxygen atoms in total. The molecule has 1 amide bonds. The number of methoxy groups -OCH3 is 1. The topological polar surface area (TPSA) is 46.6 Å². The largest absolute Gasteiger partial charge is 0.467 e. The summed E-state index contributed by atoms with van der Waals surface area (Å²) in [7, 11) is 1.33. The highest BCUT2D eigenvalue weighted by molar-refractivity contribution is 8.00. The summed E-state index contributed by atoms with van der Waals surface area (Å²) in [6, 6.07) is -0.428. The van der Waals surface area contributed by atoms with Crippen molar-refractivity contribution >= 4 is 24.1 Å². The smallest absolute Gasteiger partial charge is 0.329 e. The summed E-state index contributed by atoms with van der Waals surface area (Å²) in [6.45, 7) is 3.82. The Morgan fingerprint density at radius 1 is 1.69 bits per heavy atom. The molecule has 1 atom stereocenters. The van der Waals surface area contributed by atoms with Gasteiger partial charge in [-0.25, -0.2) is 4.79 Å². The zero-order valence-electron chi connectivity index (χ0n) is 7.94. The van der Waals surface area contributed by atoms with Crippen LogP contribution in [0.2, 0.25) is 0 Å². The van der Waals surface area contributed by atoms with E-state index in [4.69, 9.17) is 0 Å². The van der Waals surface area contributed by atoms with E-state index in [1.807, 2.05) is 13.8 Å². The van der Waals surface area contributed by atoms with Gasteiger partial charge in [0, 0.05) is 5.75 Å². The van der Waals surface area contributed by atoms with E-state index < -0.39 is 6.04 Å². The molecule has 0 saturated carbocycles. The van der Waals surface area contributed by atoms with Crippen LogP contribution >= 0.6 is 11.8 Å². The van der Waals surface area contributed by atoms with Crippen LogP contribution < -0.4 is 0 Å². The number of rotatable bonds is 2. The van der Waals surface area contributed by atoms with Crippen molar-refractivity contribution in [2.24, 2.45) is 0 Å². The Balaban J connectivity index is 2.80. The summed E-state index contributed by atoms with van der Waals surface area (Å²) < 4.78 is 4.61. The molecule has 0 N–H and O–H groups in total. The Labute approximate surface area is 81.6 Å². The molecule has 0 bridgehead atoms. The van der Waals surface area contributed by atoms with Crippen LogP contribution in [0.1, 0.15) is 13.8 Å². The normalized spacial score (nSPS) is 25.8. The fourth-order valence-electron chi connectivity index (χ4n) is 1.33. The number of nitrogens with zero attached hydrogens (tertiary/aromatic N) is 1. The predicted octanol–water partition coefficient (Wildman–Crippen LogP) is 0.469. The quantitative estimate of drug-likeness (QED) is 0.483. The summed E-state index contributed by atoms with van der Waals surface area (Å²) in [6.07, 6.45) is 0.710. The molecular formula is C8H13NO3S. The number of hydrogen-bond acceptors (Lipinski definition) is 4. The molecule has 0 aromatic rings. The summed E-state index contributed by atoms with van der Waals surface area (Å²) in [4.78, 5) is 23.2. The molecule has 1 aliphatic heterocycles. The third-order valence-corrected chi connectivity index (χ3v) is 3.54. The zero-order chi connectivity index (χ0) is 10.1. The van der Waals surface area contributed by atoms with E-state index in [9.17, 15) is 9.59 Å². The first kappa shape index (κ1) is 10.4. The van der Waals surface area contributed by atoms with Gasteiger partial charge in [-0.05, 0) is 13.8 Å². The van der Waals surface area contributed by atoms with Gasteiger partial charge in [0.25, 0.3) is 0 Å². The molecule has 0 spiro atoms. The number of ether oxygens (including phenoxy) is 1. The first-order valence-corrected chi connectivity index (χ1v) is 4.97. The van der Waals surface area contributed by atoms with E-state index >= 15 is 0 Å². The molecule has 1 saturated heterocycles. The molecule has 1 fully saturated rings. The van der Waals surface area contributed by atoms with Crippen LogP contribution in [0.3, 0.4) is 0 Å². The van der Waals surface area contributed by atoms with Gasteiger partial charge >= 0.3 is 5.97 Å². The maximum absolute atomic E-state index is 11.2. The SMILES string of the molecule is COC(=O)C1CSC(C)(C)N1C=O. The maximum atomic E-state index is 11.2. The highest BCUT2D eigenvalue weighted by Gasteiger charge is 2.43. The standard InChI is InChI=1S/C8H13NO3S/c1-8(2)9(5-10)6(4-13-8)7(11)12-3/h5-6H,4H2,1-3H3. The van der Waals surface area contributed by atoms with Crippen molar-refractivity contribution in [3.63, 3.8) is 0 Å². The molecule has 13 heavy (non-hydrogen) atoms. The van der Waals surface area contributed by atoms with Gasteiger partial charge < -0.3 is 9.64 Å². The van der Waals surface area contributed by atoms with Crippen LogP contribution in [0.4, 0.5) is 0 Å². The summed E-state index contributed by atoms with van der Waals surface area (Å²) in [5.74, 6) is 0.267. The second kappa shape index (κ2) is 3.57. The fourth-order valence-corrected chi connectivity index (χ4v) is 2.51. The average Bonchev–Trinajstić information content (AvgIpc) is 2.39. The van der Waals surface area contributed by atoms with Crippen LogP contribution in [-0.4, -0.2) is 41.1 Å². The third kappa shape index (κ3) is 1.80. The average molecular weight is 203 g/mol. The van der Waals surface area contributed by atoms with Crippen LogP contribution in [0.5, 0.6) is 0 Å². The van der Waals surface area contributed by atoms with E-state index in [-0.39, 0.29) is 10.8 Å². The fraction of sp³-hybridized carbons (Fsp3) is 0.750. The van der Waals surface area contributed by atoms with Crippen molar-refractivity contribution < 1.29 is 14.3 Å². The molecule has 0 aromatic heterocycles. The second-order valence-electron chi connectivity index (χ2n) is 3.31. The molecule has 1 rings (SSSR count). The van der Waals surface area contributed by atoms with Gasteiger partial charge in [-0.2, -0.15) is 0 Å². The minimum Gasteiger partial charge on any atom is -0.467 e. The Morgan fingerprint density at radius 2 is 2.31 bits per heavy atom. The lowest BCUT2D eigenvalue weighted by Crippen LogP contribution is -2.45. The van der Waals surface area contributed by atoms with E-state index in [1.54, 1.807) is 11.8 Å². The lowest BCUT2D eigenvalue weighted by atomic mass is 10.2. The zero-order valence-corrected chi connectivity index (χ0v) is 8.76. The van der Waals surface area contributed by atoms with Gasteiger partial charge in [0.1, 0.15) is 6.04 Å². The van der Waals surface area contributed by atoms with Crippen molar-refractivity contribution in [3.8, 4) is 0 Å². The number of hydrogen-bond donors (Lipinski definition) is 0. The highest BCUT2D eigenvalue weighted by atomic mass is 32.2. The van der Waals surface area contributed by atoms with Crippen LogP contribution in [0, 0.1) is 0 Å². The van der Waals surface area contributed by atoms with E-state index in [2.05, 4.69) is 4.74 Å². The molecule has 74 valence electrons. The molecule has 0 aliphatic carbocycles. The lowest BCUT2D eigenvalue weighted by Gasteiger charge is -2.29. The van der Waals surface area contributed by atoms with Crippen molar-refractivity contribution in [1.82, 2.24) is 4.90 Å². The van der Waals surface area contributed by atoms with Crippen molar-refractivity contribution in [2.75, 3.05) is 12.9 Å². The molecule has 0 radical (unpaired) electrons. The molecule has 5 heteroatoms. The van der Waals surface area contributed by atoms with E-state index in [0.717, 1.165) is 0 Å². The monoisotopic (exact) mass is 203 g/mol. The van der Waals surface area contributed by atoms with E-state index in [1.165, 1.54) is 12.0 Å². The molecule has 0 aromatic carbocycles. The van der Waals surface area contributed by atoms with Crippen molar-refractivity contribution in [1.29, 1.82) is 0 Å². The Hall–Kier alpha value is -0.710. The van der Waals surface area contributed by atoms with Gasteiger partial charge in [-0.15, -0.1) is 11.8 Å². The second-order valence-corrected chi connectivity index (χ2v) is 4.93. The Kier molecular flexibility index (Phi) is 2.85. The summed E-state index contributed by atoms with van der Waals surface area (Å²) in [5.41, 5.74) is 0. The van der Waals surface area contributed by atoms with Crippen molar-refractivity contribution in [2.45, 2.75) is 24.8 Å². The minimum atomic E-state index is -0.428. The minimum absolute atomic E-state index is 0.305. The summed E-state index contributed by atoms with van der Waals surface area (Å²) in [5, 5.41) is 0. The molecule has 1 aliphatic rings. The maximum Gasteiger partial charge on any atom is 0.329 e. The van der Waals surface area contributed by atoms with Crippen LogP contribution in [0.15, 0.2) is 0 Å². The Morgan fingerprint density at radius 3 is 2.77 bits per heavy atom. The third-order valence-electron chi connectivity index (χ3n) is 2.14.